The van der Waals surface area contributed by atoms with E-state index in [1.807, 2.05) is 0 Å². The fourth-order valence-electron chi connectivity index (χ4n) is 2.17. The molecule has 102 valence electrons. The Balaban J connectivity index is 2.09. The lowest BCUT2D eigenvalue weighted by Gasteiger charge is -2.16. The van der Waals surface area contributed by atoms with Crippen molar-refractivity contribution >= 4 is 39.4 Å². The van der Waals surface area contributed by atoms with Crippen molar-refractivity contribution in [1.29, 1.82) is 0 Å². The van der Waals surface area contributed by atoms with Gasteiger partial charge in [0.05, 0.1) is 5.56 Å². The molecule has 1 N–H and O–H groups in total. The molecule has 1 aliphatic rings. The van der Waals surface area contributed by atoms with E-state index in [-0.39, 0.29) is 23.4 Å². The molecule has 5 nitrogen and oxygen atoms in total. The summed E-state index contributed by atoms with van der Waals surface area (Å²) in [6, 6.07) is 1.63. The van der Waals surface area contributed by atoms with Gasteiger partial charge in [-0.2, -0.15) is 0 Å². The minimum absolute atomic E-state index is 0.0142. The third kappa shape index (κ3) is 3.45. The van der Waals surface area contributed by atoms with Gasteiger partial charge in [0.25, 0.3) is 5.91 Å². The smallest absolute Gasteiger partial charge is 0.303 e. The Kier molecular flexibility index (Phi) is 4.42. The molecule has 1 saturated heterocycles. The van der Waals surface area contributed by atoms with Crippen LogP contribution in [0.2, 0.25) is 5.15 Å². The number of rotatable bonds is 3. The van der Waals surface area contributed by atoms with E-state index in [1.165, 1.54) is 6.20 Å². The molecule has 0 saturated carbocycles. The van der Waals surface area contributed by atoms with Gasteiger partial charge in [0.1, 0.15) is 5.15 Å². The standard InChI is InChI=1S/C12H12BrClN2O3/c13-8-4-9(11(14)15-5-8)12(19)16-2-1-7(6-16)3-10(17)18/h4-5,7H,1-3,6H2,(H,17,18). The van der Waals surface area contributed by atoms with Crippen LogP contribution in [0.5, 0.6) is 0 Å². The number of halogens is 2. The summed E-state index contributed by atoms with van der Waals surface area (Å²) in [5, 5.41) is 8.92. The molecule has 2 heterocycles. The van der Waals surface area contributed by atoms with Crippen LogP contribution < -0.4 is 0 Å². The maximum atomic E-state index is 12.3. The van der Waals surface area contributed by atoms with Crippen molar-refractivity contribution in [2.75, 3.05) is 13.1 Å². The van der Waals surface area contributed by atoms with Crippen LogP contribution in [0.3, 0.4) is 0 Å². The highest BCUT2D eigenvalue weighted by Gasteiger charge is 2.29. The molecule has 1 unspecified atom stereocenters. The molecule has 1 aromatic heterocycles. The Hall–Kier alpha value is -1.14. The number of hydrogen-bond acceptors (Lipinski definition) is 3. The molecule has 0 aromatic carbocycles. The normalized spacial score (nSPS) is 18.6. The largest absolute Gasteiger partial charge is 0.481 e. The zero-order valence-electron chi connectivity index (χ0n) is 9.97. The van der Waals surface area contributed by atoms with Crippen molar-refractivity contribution in [2.45, 2.75) is 12.8 Å². The predicted molar refractivity (Wildman–Crippen MR) is 73.2 cm³/mol. The van der Waals surface area contributed by atoms with Crippen molar-refractivity contribution in [2.24, 2.45) is 5.92 Å². The van der Waals surface area contributed by atoms with E-state index in [0.717, 1.165) is 0 Å². The van der Waals surface area contributed by atoms with Crippen LogP contribution in [-0.2, 0) is 4.79 Å². The molecule has 0 spiro atoms. The number of amides is 1. The van der Waals surface area contributed by atoms with Crippen molar-refractivity contribution in [1.82, 2.24) is 9.88 Å². The maximum absolute atomic E-state index is 12.3. The van der Waals surface area contributed by atoms with E-state index >= 15 is 0 Å². The lowest BCUT2D eigenvalue weighted by molar-refractivity contribution is -0.138. The molecule has 1 amide bonds. The molecule has 19 heavy (non-hydrogen) atoms. The van der Waals surface area contributed by atoms with E-state index in [0.29, 0.717) is 29.5 Å². The van der Waals surface area contributed by atoms with Crippen LogP contribution in [0.15, 0.2) is 16.7 Å². The number of hydrogen-bond donors (Lipinski definition) is 1. The zero-order chi connectivity index (χ0) is 14.0. The summed E-state index contributed by atoms with van der Waals surface area (Å²) in [5.41, 5.74) is 0.340. The number of pyridine rings is 1. The Bertz CT molecular complexity index is 524. The van der Waals surface area contributed by atoms with E-state index in [2.05, 4.69) is 20.9 Å². The third-order valence-electron chi connectivity index (χ3n) is 3.07. The van der Waals surface area contributed by atoms with Crippen molar-refractivity contribution in [3.63, 3.8) is 0 Å². The summed E-state index contributed by atoms with van der Waals surface area (Å²) in [6.07, 6.45) is 2.32. The van der Waals surface area contributed by atoms with Crippen LogP contribution in [-0.4, -0.2) is 40.0 Å². The molecule has 1 fully saturated rings. The zero-order valence-corrected chi connectivity index (χ0v) is 12.3. The quantitative estimate of drug-likeness (QED) is 0.853. The van der Waals surface area contributed by atoms with E-state index in [1.54, 1.807) is 11.0 Å². The number of nitrogens with zero attached hydrogens (tertiary/aromatic N) is 2. The van der Waals surface area contributed by atoms with E-state index in [9.17, 15) is 9.59 Å². The van der Waals surface area contributed by atoms with Gasteiger partial charge in [-0.05, 0) is 34.3 Å². The Morgan fingerprint density at radius 2 is 2.32 bits per heavy atom. The minimum atomic E-state index is -0.832. The molecule has 1 aromatic rings. The maximum Gasteiger partial charge on any atom is 0.303 e. The van der Waals surface area contributed by atoms with Crippen LogP contribution in [0.4, 0.5) is 0 Å². The highest BCUT2D eigenvalue weighted by Crippen LogP contribution is 2.25. The van der Waals surface area contributed by atoms with Gasteiger partial charge >= 0.3 is 5.97 Å². The number of carboxylic acids is 1. The van der Waals surface area contributed by atoms with Gasteiger partial charge in [0.2, 0.25) is 0 Å². The van der Waals surface area contributed by atoms with E-state index < -0.39 is 5.97 Å². The minimum Gasteiger partial charge on any atom is -0.481 e. The Morgan fingerprint density at radius 1 is 1.58 bits per heavy atom. The fourth-order valence-corrected chi connectivity index (χ4v) is 2.69. The van der Waals surface area contributed by atoms with Crippen LogP contribution >= 0.6 is 27.5 Å². The Morgan fingerprint density at radius 3 is 3.00 bits per heavy atom. The van der Waals surface area contributed by atoms with Gasteiger partial charge in [-0.25, -0.2) is 4.98 Å². The predicted octanol–water partition coefficient (Wildman–Crippen LogP) is 2.43. The van der Waals surface area contributed by atoms with Gasteiger partial charge in [0, 0.05) is 30.2 Å². The van der Waals surface area contributed by atoms with Crippen LogP contribution in [0.25, 0.3) is 0 Å². The van der Waals surface area contributed by atoms with Gasteiger partial charge in [-0.1, -0.05) is 11.6 Å². The number of aliphatic carboxylic acids is 1. The van der Waals surface area contributed by atoms with Gasteiger partial charge < -0.3 is 10.0 Å². The molecule has 1 aliphatic heterocycles. The number of carbonyl (C=O) groups excluding carboxylic acids is 1. The van der Waals surface area contributed by atoms with Crippen molar-refractivity contribution in [3.8, 4) is 0 Å². The van der Waals surface area contributed by atoms with Gasteiger partial charge in [0.15, 0.2) is 0 Å². The van der Waals surface area contributed by atoms with E-state index in [4.69, 9.17) is 16.7 Å². The monoisotopic (exact) mass is 346 g/mol. The molecule has 0 radical (unpaired) electrons. The first-order chi connectivity index (χ1) is 8.97. The average Bonchev–Trinajstić information content (AvgIpc) is 2.79. The highest BCUT2D eigenvalue weighted by atomic mass is 79.9. The summed E-state index contributed by atoms with van der Waals surface area (Å²) in [6.45, 7) is 1.01. The first kappa shape index (κ1) is 14.3. The topological polar surface area (TPSA) is 70.5 Å². The number of carboxylic acid groups (broad SMARTS) is 1. The van der Waals surface area contributed by atoms with Crippen molar-refractivity contribution < 1.29 is 14.7 Å². The third-order valence-corrected chi connectivity index (χ3v) is 3.81. The summed E-state index contributed by atoms with van der Waals surface area (Å²) in [5.74, 6) is -1.02. The summed E-state index contributed by atoms with van der Waals surface area (Å²) in [7, 11) is 0. The average molecular weight is 348 g/mol. The lowest BCUT2D eigenvalue weighted by atomic mass is 10.1. The second kappa shape index (κ2) is 5.88. The first-order valence-electron chi connectivity index (χ1n) is 5.79. The first-order valence-corrected chi connectivity index (χ1v) is 6.96. The van der Waals surface area contributed by atoms with Crippen LogP contribution in [0.1, 0.15) is 23.2 Å². The molecule has 7 heteroatoms. The molecule has 1 atom stereocenters. The molecular formula is C12H12BrClN2O3. The molecule has 0 bridgehead atoms. The summed E-state index contributed by atoms with van der Waals surface area (Å²) < 4.78 is 0.682. The second-order valence-corrected chi connectivity index (χ2v) is 5.77. The number of likely N-dealkylation sites (tertiary alicyclic amines) is 1. The fraction of sp³-hybridized carbons (Fsp3) is 0.417. The molecule has 0 aliphatic carbocycles. The van der Waals surface area contributed by atoms with Gasteiger partial charge in [-0.3, -0.25) is 9.59 Å². The Labute approximate surface area is 123 Å². The number of aromatic nitrogens is 1. The number of carbonyl (C=O) groups is 2. The molecular weight excluding hydrogens is 336 g/mol. The second-order valence-electron chi connectivity index (χ2n) is 4.50. The van der Waals surface area contributed by atoms with Crippen molar-refractivity contribution in [3.05, 3.63) is 27.5 Å². The SMILES string of the molecule is O=C(O)CC1CCN(C(=O)c2cc(Br)cnc2Cl)C1. The van der Waals surface area contributed by atoms with Gasteiger partial charge in [-0.15, -0.1) is 0 Å². The summed E-state index contributed by atoms with van der Waals surface area (Å²) >= 11 is 9.16. The highest BCUT2D eigenvalue weighted by molar-refractivity contribution is 9.10. The van der Waals surface area contributed by atoms with Crippen LogP contribution in [0, 0.1) is 5.92 Å². The summed E-state index contributed by atoms with van der Waals surface area (Å²) in [4.78, 5) is 28.5. The molecule has 2 rings (SSSR count). The lowest BCUT2D eigenvalue weighted by Crippen LogP contribution is -2.29.